The van der Waals surface area contributed by atoms with Crippen molar-refractivity contribution in [2.45, 2.75) is 25.8 Å². The van der Waals surface area contributed by atoms with Crippen LogP contribution < -0.4 is 10.1 Å². The molecule has 1 fully saturated rings. The molecule has 3 aromatic rings. The van der Waals surface area contributed by atoms with Gasteiger partial charge in [0, 0.05) is 25.7 Å². The van der Waals surface area contributed by atoms with E-state index in [0.717, 1.165) is 60.7 Å². The number of hydrogen-bond donors (Lipinski definition) is 1. The zero-order valence-electron chi connectivity index (χ0n) is 18.2. The molecular weight excluding hydrogens is 398 g/mol. The third-order valence-electron chi connectivity index (χ3n) is 6.64. The number of rotatable bonds is 3. The van der Waals surface area contributed by atoms with Crippen molar-refractivity contribution in [3.05, 3.63) is 78.6 Å². The predicted molar refractivity (Wildman–Crippen MR) is 126 cm³/mol. The summed E-state index contributed by atoms with van der Waals surface area (Å²) in [6.45, 7) is 3.51. The second-order valence-corrected chi connectivity index (χ2v) is 8.83. The maximum Gasteiger partial charge on any atom is 0.224 e. The maximum absolute atomic E-state index is 12.9. The van der Waals surface area contributed by atoms with Crippen LogP contribution in [0.25, 0.3) is 11.1 Å². The van der Waals surface area contributed by atoms with Gasteiger partial charge in [-0.2, -0.15) is 0 Å². The molecule has 164 valence electrons. The third-order valence-corrected chi connectivity index (χ3v) is 6.64. The highest BCUT2D eigenvalue weighted by Gasteiger charge is 2.31. The van der Waals surface area contributed by atoms with E-state index in [1.54, 1.807) is 0 Å². The first-order valence-corrected chi connectivity index (χ1v) is 11.5. The number of carbonyl (C=O) groups is 1. The number of anilines is 1. The van der Waals surface area contributed by atoms with E-state index in [1.807, 2.05) is 48.7 Å². The highest BCUT2D eigenvalue weighted by molar-refractivity contribution is 5.93. The summed E-state index contributed by atoms with van der Waals surface area (Å²) in [6.07, 6.45) is 4.40. The summed E-state index contributed by atoms with van der Waals surface area (Å²) in [5.41, 5.74) is 4.07. The van der Waals surface area contributed by atoms with Crippen molar-refractivity contribution in [3.63, 3.8) is 0 Å². The Morgan fingerprint density at radius 1 is 0.969 bits per heavy atom. The number of amides is 1. The molecule has 2 aliphatic heterocycles. The number of likely N-dealkylation sites (tertiary alicyclic amines) is 1. The van der Waals surface area contributed by atoms with E-state index in [-0.39, 0.29) is 5.91 Å². The second-order valence-electron chi connectivity index (χ2n) is 8.83. The van der Waals surface area contributed by atoms with Crippen molar-refractivity contribution in [2.75, 3.05) is 25.0 Å². The van der Waals surface area contributed by atoms with Gasteiger partial charge in [-0.3, -0.25) is 14.7 Å². The minimum Gasteiger partial charge on any atom is -0.491 e. The molecule has 0 saturated carbocycles. The van der Waals surface area contributed by atoms with E-state index in [4.69, 9.17) is 4.74 Å². The fourth-order valence-corrected chi connectivity index (χ4v) is 4.94. The fourth-order valence-electron chi connectivity index (χ4n) is 4.94. The van der Waals surface area contributed by atoms with Gasteiger partial charge in [-0.15, -0.1) is 0 Å². The summed E-state index contributed by atoms with van der Waals surface area (Å²) in [5, 5.41) is 3.14. The monoisotopic (exact) mass is 427 g/mol. The van der Waals surface area contributed by atoms with Crippen molar-refractivity contribution in [1.82, 2.24) is 9.88 Å². The largest absolute Gasteiger partial charge is 0.491 e. The third kappa shape index (κ3) is 4.83. The molecule has 1 aromatic heterocycles. The number of aromatic nitrogens is 1. The number of nitrogens with zero attached hydrogens (tertiary/aromatic N) is 2. The number of carbonyl (C=O) groups excluding carboxylic acids is 1. The summed E-state index contributed by atoms with van der Waals surface area (Å²) >= 11 is 0. The molecule has 2 aliphatic rings. The zero-order chi connectivity index (χ0) is 21.8. The van der Waals surface area contributed by atoms with Crippen LogP contribution in [0, 0.1) is 11.8 Å². The Balaban J connectivity index is 1.30. The summed E-state index contributed by atoms with van der Waals surface area (Å²) in [4.78, 5) is 19.9. The summed E-state index contributed by atoms with van der Waals surface area (Å²) in [7, 11) is 0. The van der Waals surface area contributed by atoms with Gasteiger partial charge in [0.1, 0.15) is 5.75 Å². The van der Waals surface area contributed by atoms with Crippen LogP contribution in [0.15, 0.2) is 72.9 Å². The normalized spacial score (nSPS) is 21.6. The highest BCUT2D eigenvalue weighted by atomic mass is 16.5. The van der Waals surface area contributed by atoms with Crippen molar-refractivity contribution in [2.24, 2.45) is 11.8 Å². The Labute approximate surface area is 189 Å². The van der Waals surface area contributed by atoms with Crippen LogP contribution in [0.4, 0.5) is 5.69 Å². The summed E-state index contributed by atoms with van der Waals surface area (Å²) in [6, 6.07) is 22.3. The molecule has 1 amide bonds. The molecule has 0 radical (unpaired) electrons. The first kappa shape index (κ1) is 20.7. The lowest BCUT2D eigenvalue weighted by Gasteiger charge is -2.38. The Morgan fingerprint density at radius 2 is 1.84 bits per heavy atom. The molecule has 2 aromatic carbocycles. The lowest BCUT2D eigenvalue weighted by Crippen LogP contribution is -2.42. The van der Waals surface area contributed by atoms with Crippen LogP contribution in [0.3, 0.4) is 0 Å². The van der Waals surface area contributed by atoms with Gasteiger partial charge in [0.05, 0.1) is 18.0 Å². The average Bonchev–Trinajstić information content (AvgIpc) is 2.82. The molecule has 3 heterocycles. The molecule has 1 saturated heterocycles. The van der Waals surface area contributed by atoms with Crippen LogP contribution in [0.2, 0.25) is 0 Å². The Bertz CT molecular complexity index is 1060. The van der Waals surface area contributed by atoms with Crippen molar-refractivity contribution < 1.29 is 9.53 Å². The second kappa shape index (κ2) is 9.53. The van der Waals surface area contributed by atoms with Crippen molar-refractivity contribution >= 4 is 11.6 Å². The van der Waals surface area contributed by atoms with Gasteiger partial charge in [-0.05, 0) is 66.6 Å². The van der Waals surface area contributed by atoms with Crippen LogP contribution in [0.1, 0.15) is 25.0 Å². The topological polar surface area (TPSA) is 54.5 Å². The Hall–Kier alpha value is -3.18. The lowest BCUT2D eigenvalue weighted by molar-refractivity contribution is -0.118. The number of fused-ring (bicyclic) bond motifs is 2. The lowest BCUT2D eigenvalue weighted by atomic mass is 9.81. The van der Waals surface area contributed by atoms with Crippen molar-refractivity contribution in [1.29, 1.82) is 0 Å². The molecule has 0 bridgehead atoms. The Kier molecular flexibility index (Phi) is 6.17. The number of benzene rings is 2. The fraction of sp³-hybridized carbons (Fsp3) is 0.333. The van der Waals surface area contributed by atoms with Gasteiger partial charge < -0.3 is 10.1 Å². The van der Waals surface area contributed by atoms with Gasteiger partial charge in [-0.1, -0.05) is 42.5 Å². The minimum absolute atomic E-state index is 0.0788. The molecule has 5 nitrogen and oxygen atoms in total. The molecule has 1 N–H and O–H groups in total. The summed E-state index contributed by atoms with van der Waals surface area (Å²) in [5.74, 6) is 1.66. The van der Waals surface area contributed by atoms with Gasteiger partial charge in [0.25, 0.3) is 0 Å². The SMILES string of the molecule is O=C1C[C@@H]2CCN(Cc3ccccn3)C[C@@H]2CCOc2ccc(-c3ccccc3)cc2N1. The van der Waals surface area contributed by atoms with E-state index < -0.39 is 0 Å². The van der Waals surface area contributed by atoms with E-state index in [2.05, 4.69) is 39.5 Å². The molecule has 5 rings (SSSR count). The summed E-state index contributed by atoms with van der Waals surface area (Å²) < 4.78 is 6.16. The quantitative estimate of drug-likeness (QED) is 0.639. The number of piperidine rings is 1. The van der Waals surface area contributed by atoms with Crippen molar-refractivity contribution in [3.8, 4) is 16.9 Å². The molecule has 0 spiro atoms. The maximum atomic E-state index is 12.9. The van der Waals surface area contributed by atoms with E-state index >= 15 is 0 Å². The van der Waals surface area contributed by atoms with Crippen LogP contribution in [-0.4, -0.2) is 35.5 Å². The molecule has 0 unspecified atom stereocenters. The molecular formula is C27H29N3O2. The minimum atomic E-state index is 0.0788. The van der Waals surface area contributed by atoms with Gasteiger partial charge in [0.2, 0.25) is 5.91 Å². The van der Waals surface area contributed by atoms with E-state index in [1.165, 1.54) is 0 Å². The van der Waals surface area contributed by atoms with Gasteiger partial charge in [0.15, 0.2) is 0 Å². The van der Waals surface area contributed by atoms with E-state index in [0.29, 0.717) is 24.9 Å². The van der Waals surface area contributed by atoms with Gasteiger partial charge >= 0.3 is 0 Å². The molecule has 5 heteroatoms. The van der Waals surface area contributed by atoms with Crippen LogP contribution in [-0.2, 0) is 11.3 Å². The highest BCUT2D eigenvalue weighted by Crippen LogP contribution is 2.35. The molecule has 2 atom stereocenters. The van der Waals surface area contributed by atoms with Crippen LogP contribution in [0.5, 0.6) is 5.75 Å². The number of nitrogens with one attached hydrogen (secondary N) is 1. The zero-order valence-corrected chi connectivity index (χ0v) is 18.2. The number of ether oxygens (including phenoxy) is 1. The molecule has 0 aliphatic carbocycles. The molecule has 32 heavy (non-hydrogen) atoms. The first-order chi connectivity index (χ1) is 15.7. The first-order valence-electron chi connectivity index (χ1n) is 11.5. The number of pyridine rings is 1. The average molecular weight is 428 g/mol. The Morgan fingerprint density at radius 3 is 2.69 bits per heavy atom. The van der Waals surface area contributed by atoms with Gasteiger partial charge in [-0.25, -0.2) is 0 Å². The smallest absolute Gasteiger partial charge is 0.224 e. The van der Waals surface area contributed by atoms with Crippen LogP contribution >= 0.6 is 0 Å². The standard InChI is InChI=1S/C27H29N3O2/c31-27-17-22-11-14-30(19-24-8-4-5-13-28-24)18-23(22)12-15-32-26-10-9-21(16-25(26)29-27)20-6-2-1-3-7-20/h1-10,13,16,22-23H,11-12,14-15,17-19H2,(H,29,31)/t22-,23-/m0/s1. The van der Waals surface area contributed by atoms with E-state index in [9.17, 15) is 4.79 Å². The number of hydrogen-bond acceptors (Lipinski definition) is 4. The predicted octanol–water partition coefficient (Wildman–Crippen LogP) is 5.00.